The Hall–Kier alpha value is -1.28. The van der Waals surface area contributed by atoms with E-state index in [9.17, 15) is 0 Å². The van der Waals surface area contributed by atoms with Crippen molar-refractivity contribution in [3.63, 3.8) is 0 Å². The lowest BCUT2D eigenvalue weighted by molar-refractivity contribution is 0.541. The quantitative estimate of drug-likeness (QED) is 0.720. The maximum absolute atomic E-state index is 5.49. The third kappa shape index (κ3) is 1.96. The lowest BCUT2D eigenvalue weighted by atomic mass is 10.2. The highest BCUT2D eigenvalue weighted by Gasteiger charge is 2.06. The van der Waals surface area contributed by atoms with Gasteiger partial charge in [-0.05, 0) is 26.0 Å². The molecule has 0 saturated carbocycles. The molecule has 14 heavy (non-hydrogen) atoms. The molecule has 1 heterocycles. The van der Waals surface area contributed by atoms with Gasteiger partial charge in [0.05, 0.1) is 5.69 Å². The summed E-state index contributed by atoms with van der Waals surface area (Å²) >= 11 is 0. The number of hydrogen-bond acceptors (Lipinski definition) is 2. The molecule has 1 aromatic carbocycles. The summed E-state index contributed by atoms with van der Waals surface area (Å²) in [5, 5.41) is 0. The highest BCUT2D eigenvalue weighted by atomic mass is 35.5. The SMILES string of the molecule is Cc1nc(-c2ccccc2)oc1C.Cl. The molecule has 2 rings (SSSR count). The van der Waals surface area contributed by atoms with Crippen molar-refractivity contribution in [3.05, 3.63) is 41.8 Å². The molecule has 0 radical (unpaired) electrons. The summed E-state index contributed by atoms with van der Waals surface area (Å²) in [7, 11) is 0. The zero-order valence-electron chi connectivity index (χ0n) is 8.15. The van der Waals surface area contributed by atoms with Gasteiger partial charge in [-0.2, -0.15) is 0 Å². The van der Waals surface area contributed by atoms with E-state index in [0.717, 1.165) is 17.0 Å². The van der Waals surface area contributed by atoms with Crippen LogP contribution in [0.15, 0.2) is 34.7 Å². The topological polar surface area (TPSA) is 26.0 Å². The van der Waals surface area contributed by atoms with Crippen LogP contribution < -0.4 is 0 Å². The van der Waals surface area contributed by atoms with Crippen molar-refractivity contribution in [3.8, 4) is 11.5 Å². The average Bonchev–Trinajstić information content (AvgIpc) is 2.49. The minimum atomic E-state index is 0. The first-order valence-electron chi connectivity index (χ1n) is 4.27. The molecule has 0 spiro atoms. The second-order valence-corrected chi connectivity index (χ2v) is 3.03. The summed E-state index contributed by atoms with van der Waals surface area (Å²) in [6.07, 6.45) is 0. The summed E-state index contributed by atoms with van der Waals surface area (Å²) in [4.78, 5) is 4.31. The molecule has 2 nitrogen and oxygen atoms in total. The fraction of sp³-hybridized carbons (Fsp3) is 0.182. The second kappa shape index (κ2) is 4.29. The molecule has 0 amide bonds. The molecule has 0 saturated heterocycles. The molecule has 74 valence electrons. The van der Waals surface area contributed by atoms with E-state index < -0.39 is 0 Å². The first kappa shape index (κ1) is 10.8. The Bertz CT molecular complexity index is 389. The van der Waals surface area contributed by atoms with Crippen LogP contribution in [0.2, 0.25) is 0 Å². The second-order valence-electron chi connectivity index (χ2n) is 3.03. The minimum Gasteiger partial charge on any atom is -0.441 e. The summed E-state index contributed by atoms with van der Waals surface area (Å²) in [6.45, 7) is 3.88. The Morgan fingerprint density at radius 1 is 1.07 bits per heavy atom. The van der Waals surface area contributed by atoms with E-state index in [1.807, 2.05) is 44.2 Å². The maximum Gasteiger partial charge on any atom is 0.226 e. The van der Waals surface area contributed by atoms with E-state index in [2.05, 4.69) is 4.98 Å². The van der Waals surface area contributed by atoms with Crippen LogP contribution in [0, 0.1) is 13.8 Å². The van der Waals surface area contributed by atoms with E-state index >= 15 is 0 Å². The number of aryl methyl sites for hydroxylation is 2. The van der Waals surface area contributed by atoms with Gasteiger partial charge < -0.3 is 4.42 Å². The molecule has 3 heteroatoms. The Kier molecular flexibility index (Phi) is 3.31. The van der Waals surface area contributed by atoms with Crippen LogP contribution in [-0.4, -0.2) is 4.98 Å². The Labute approximate surface area is 89.4 Å². The van der Waals surface area contributed by atoms with Crippen molar-refractivity contribution >= 4 is 12.4 Å². The van der Waals surface area contributed by atoms with Crippen molar-refractivity contribution in [2.24, 2.45) is 0 Å². The van der Waals surface area contributed by atoms with Crippen molar-refractivity contribution in [1.29, 1.82) is 0 Å². The van der Waals surface area contributed by atoms with Gasteiger partial charge in [0.25, 0.3) is 0 Å². The fourth-order valence-electron chi connectivity index (χ4n) is 1.18. The van der Waals surface area contributed by atoms with E-state index in [4.69, 9.17) is 4.42 Å². The predicted molar refractivity (Wildman–Crippen MR) is 58.7 cm³/mol. The third-order valence-electron chi connectivity index (χ3n) is 2.05. The van der Waals surface area contributed by atoms with Crippen molar-refractivity contribution in [2.45, 2.75) is 13.8 Å². The molecular formula is C11H12ClNO. The Morgan fingerprint density at radius 2 is 1.71 bits per heavy atom. The summed E-state index contributed by atoms with van der Waals surface area (Å²) in [5.74, 6) is 1.59. The molecule has 0 fully saturated rings. The van der Waals surface area contributed by atoms with Gasteiger partial charge in [0.1, 0.15) is 5.76 Å². The van der Waals surface area contributed by atoms with E-state index in [-0.39, 0.29) is 12.4 Å². The molecule has 0 aliphatic heterocycles. The van der Waals surface area contributed by atoms with E-state index in [1.165, 1.54) is 0 Å². The fourth-order valence-corrected chi connectivity index (χ4v) is 1.18. The number of aromatic nitrogens is 1. The van der Waals surface area contributed by atoms with Crippen LogP contribution in [-0.2, 0) is 0 Å². The van der Waals surface area contributed by atoms with Crippen LogP contribution in [0.1, 0.15) is 11.5 Å². The van der Waals surface area contributed by atoms with Gasteiger partial charge in [-0.3, -0.25) is 0 Å². The van der Waals surface area contributed by atoms with Gasteiger partial charge in [0.15, 0.2) is 0 Å². The first-order chi connectivity index (χ1) is 6.27. The van der Waals surface area contributed by atoms with Gasteiger partial charge in [0, 0.05) is 5.56 Å². The zero-order chi connectivity index (χ0) is 9.26. The van der Waals surface area contributed by atoms with Crippen molar-refractivity contribution in [2.75, 3.05) is 0 Å². The molecular weight excluding hydrogens is 198 g/mol. The maximum atomic E-state index is 5.49. The van der Waals surface area contributed by atoms with Gasteiger partial charge >= 0.3 is 0 Å². The molecule has 0 aliphatic rings. The van der Waals surface area contributed by atoms with Crippen LogP contribution in [0.4, 0.5) is 0 Å². The summed E-state index contributed by atoms with van der Waals surface area (Å²) in [6, 6.07) is 9.91. The van der Waals surface area contributed by atoms with Crippen molar-refractivity contribution in [1.82, 2.24) is 4.98 Å². The zero-order valence-corrected chi connectivity index (χ0v) is 8.97. The van der Waals surface area contributed by atoms with Gasteiger partial charge in [-0.15, -0.1) is 12.4 Å². The van der Waals surface area contributed by atoms with Gasteiger partial charge in [0.2, 0.25) is 5.89 Å². The van der Waals surface area contributed by atoms with Crippen LogP contribution in [0.3, 0.4) is 0 Å². The van der Waals surface area contributed by atoms with Gasteiger partial charge in [-0.25, -0.2) is 4.98 Å². The number of hydrogen-bond donors (Lipinski definition) is 0. The van der Waals surface area contributed by atoms with Gasteiger partial charge in [-0.1, -0.05) is 18.2 Å². The lowest BCUT2D eigenvalue weighted by Gasteiger charge is -1.91. The van der Waals surface area contributed by atoms with Crippen LogP contribution >= 0.6 is 12.4 Å². The number of rotatable bonds is 1. The molecule has 2 aromatic rings. The van der Waals surface area contributed by atoms with Crippen LogP contribution in [0.5, 0.6) is 0 Å². The molecule has 1 aromatic heterocycles. The Balaban J connectivity index is 0.000000980. The monoisotopic (exact) mass is 209 g/mol. The standard InChI is InChI=1S/C11H11NO.ClH/c1-8-9(2)13-11(12-8)10-6-4-3-5-7-10;/h3-7H,1-2H3;1H. The normalized spacial score (nSPS) is 9.57. The summed E-state index contributed by atoms with van der Waals surface area (Å²) < 4.78 is 5.49. The predicted octanol–water partition coefficient (Wildman–Crippen LogP) is 3.38. The molecule has 0 aliphatic carbocycles. The first-order valence-corrected chi connectivity index (χ1v) is 4.27. The number of benzene rings is 1. The number of halogens is 1. The number of nitrogens with zero attached hydrogens (tertiary/aromatic N) is 1. The highest BCUT2D eigenvalue weighted by molar-refractivity contribution is 5.85. The lowest BCUT2D eigenvalue weighted by Crippen LogP contribution is -1.76. The minimum absolute atomic E-state index is 0. The smallest absolute Gasteiger partial charge is 0.226 e. The molecule has 0 bridgehead atoms. The molecule has 0 atom stereocenters. The third-order valence-corrected chi connectivity index (χ3v) is 2.05. The highest BCUT2D eigenvalue weighted by Crippen LogP contribution is 2.20. The van der Waals surface area contributed by atoms with E-state index in [1.54, 1.807) is 0 Å². The molecule has 0 N–H and O–H groups in total. The molecule has 0 unspecified atom stereocenters. The summed E-state index contributed by atoms with van der Waals surface area (Å²) in [5.41, 5.74) is 1.98. The van der Waals surface area contributed by atoms with Crippen LogP contribution in [0.25, 0.3) is 11.5 Å². The average molecular weight is 210 g/mol. The Morgan fingerprint density at radius 3 is 2.21 bits per heavy atom. The number of oxazole rings is 1. The van der Waals surface area contributed by atoms with E-state index in [0.29, 0.717) is 5.89 Å². The largest absolute Gasteiger partial charge is 0.441 e. The van der Waals surface area contributed by atoms with Crippen molar-refractivity contribution < 1.29 is 4.42 Å².